The molecule has 0 fully saturated rings. The Balaban J connectivity index is 1.85. The number of hydrogen-bond donors (Lipinski definition) is 1. The van der Waals surface area contributed by atoms with E-state index in [-0.39, 0.29) is 0 Å². The van der Waals surface area contributed by atoms with Crippen molar-refractivity contribution in [1.82, 2.24) is 0 Å². The Morgan fingerprint density at radius 1 is 1.33 bits per heavy atom. The van der Waals surface area contributed by atoms with Crippen LogP contribution in [0.25, 0.3) is 6.08 Å². The lowest BCUT2D eigenvalue weighted by atomic mass is 10.2. The van der Waals surface area contributed by atoms with Gasteiger partial charge in [0.05, 0.1) is 0 Å². The summed E-state index contributed by atoms with van der Waals surface area (Å²) in [5.74, 6) is -0.0169. The van der Waals surface area contributed by atoms with Gasteiger partial charge in [-0.2, -0.15) is 0 Å². The predicted molar refractivity (Wildman–Crippen MR) is 77.5 cm³/mol. The van der Waals surface area contributed by atoms with Gasteiger partial charge >= 0.3 is 5.97 Å². The number of carbonyl (C=O) groups is 1. The highest BCUT2D eigenvalue weighted by Gasteiger charge is 2.05. The van der Waals surface area contributed by atoms with E-state index < -0.39 is 5.97 Å². The number of carboxylic acids is 1. The second kappa shape index (κ2) is 6.42. The molecule has 1 aromatic carbocycles. The first kappa shape index (κ1) is 12.9. The van der Waals surface area contributed by atoms with Crippen LogP contribution in [0.3, 0.4) is 0 Å². The number of aromatic carboxylic acids is 1. The highest BCUT2D eigenvalue weighted by Crippen LogP contribution is 2.25. The summed E-state index contributed by atoms with van der Waals surface area (Å²) >= 11 is 2.91. The Labute approximate surface area is 114 Å². The third-order valence-electron chi connectivity index (χ3n) is 2.24. The molecule has 0 unspecified atom stereocenters. The molecule has 1 aromatic heterocycles. The van der Waals surface area contributed by atoms with Gasteiger partial charge in [-0.15, -0.1) is 23.1 Å². The van der Waals surface area contributed by atoms with E-state index in [9.17, 15) is 4.79 Å². The lowest BCUT2D eigenvalue weighted by Gasteiger charge is -1.93. The molecule has 0 saturated carbocycles. The molecular weight excluding hydrogens is 264 g/mol. The highest BCUT2D eigenvalue weighted by atomic mass is 32.2. The van der Waals surface area contributed by atoms with E-state index in [0.717, 1.165) is 10.6 Å². The molecule has 0 aliphatic heterocycles. The molecule has 1 N–H and O–H groups in total. The minimum Gasteiger partial charge on any atom is -0.477 e. The van der Waals surface area contributed by atoms with Crippen LogP contribution in [-0.2, 0) is 0 Å². The van der Waals surface area contributed by atoms with Gasteiger partial charge in [-0.05, 0) is 11.6 Å². The molecule has 0 amide bonds. The third-order valence-corrected chi connectivity index (χ3v) is 4.24. The van der Waals surface area contributed by atoms with E-state index in [1.54, 1.807) is 17.8 Å². The lowest BCUT2D eigenvalue weighted by molar-refractivity contribution is 0.0702. The Morgan fingerprint density at radius 2 is 2.11 bits per heavy atom. The first-order valence-electron chi connectivity index (χ1n) is 5.42. The van der Waals surface area contributed by atoms with Gasteiger partial charge in [0.25, 0.3) is 0 Å². The van der Waals surface area contributed by atoms with Gasteiger partial charge in [-0.3, -0.25) is 0 Å². The summed E-state index contributed by atoms with van der Waals surface area (Å²) < 4.78 is 0. The minimum absolute atomic E-state index is 0.393. The zero-order valence-electron chi connectivity index (χ0n) is 9.58. The van der Waals surface area contributed by atoms with Gasteiger partial charge in [0.15, 0.2) is 0 Å². The summed E-state index contributed by atoms with van der Waals surface area (Å²) in [4.78, 5) is 12.1. The molecule has 0 saturated heterocycles. The van der Waals surface area contributed by atoms with E-state index >= 15 is 0 Å². The average molecular weight is 276 g/mol. The van der Waals surface area contributed by atoms with E-state index in [0.29, 0.717) is 4.88 Å². The summed E-state index contributed by atoms with van der Waals surface area (Å²) in [7, 11) is 0. The number of hydrogen-bond acceptors (Lipinski definition) is 3. The smallest absolute Gasteiger partial charge is 0.345 e. The van der Waals surface area contributed by atoms with Crippen LogP contribution in [0.2, 0.25) is 0 Å². The first-order chi connectivity index (χ1) is 8.75. The van der Waals surface area contributed by atoms with Crippen LogP contribution in [0, 0.1) is 0 Å². The quantitative estimate of drug-likeness (QED) is 0.829. The second-order valence-corrected chi connectivity index (χ2v) is 5.58. The SMILES string of the molecule is O=C(O)c1cc(SC/C=C/c2ccccc2)cs1. The van der Waals surface area contributed by atoms with Crippen LogP contribution >= 0.6 is 23.1 Å². The average Bonchev–Trinajstić information content (AvgIpc) is 2.85. The van der Waals surface area contributed by atoms with Crippen LogP contribution in [0.5, 0.6) is 0 Å². The van der Waals surface area contributed by atoms with Crippen LogP contribution in [0.15, 0.2) is 52.7 Å². The van der Waals surface area contributed by atoms with Crippen molar-refractivity contribution >= 4 is 35.1 Å². The molecule has 0 spiro atoms. The Kier molecular flexibility index (Phi) is 4.61. The van der Waals surface area contributed by atoms with Crippen LogP contribution in [0.4, 0.5) is 0 Å². The zero-order valence-corrected chi connectivity index (χ0v) is 11.2. The molecule has 2 aromatic rings. The fraction of sp³-hybridized carbons (Fsp3) is 0.0714. The topological polar surface area (TPSA) is 37.3 Å². The van der Waals surface area contributed by atoms with Crippen LogP contribution in [0.1, 0.15) is 15.2 Å². The maximum Gasteiger partial charge on any atom is 0.345 e. The molecule has 0 aliphatic carbocycles. The Hall–Kier alpha value is -1.52. The van der Waals surface area contributed by atoms with E-state index in [1.165, 1.54) is 16.9 Å². The molecule has 0 radical (unpaired) electrons. The number of thiophene rings is 1. The molecule has 18 heavy (non-hydrogen) atoms. The molecular formula is C14H12O2S2. The Morgan fingerprint density at radius 3 is 2.78 bits per heavy atom. The molecule has 2 nitrogen and oxygen atoms in total. The fourth-order valence-electron chi connectivity index (χ4n) is 1.40. The summed E-state index contributed by atoms with van der Waals surface area (Å²) in [6.07, 6.45) is 4.15. The summed E-state index contributed by atoms with van der Waals surface area (Å²) in [5.41, 5.74) is 1.18. The van der Waals surface area contributed by atoms with Crippen molar-refractivity contribution < 1.29 is 9.90 Å². The fourth-order valence-corrected chi connectivity index (χ4v) is 3.08. The maximum atomic E-state index is 10.7. The van der Waals surface area contributed by atoms with Crippen molar-refractivity contribution in [2.45, 2.75) is 4.90 Å². The second-order valence-electron chi connectivity index (χ2n) is 3.58. The van der Waals surface area contributed by atoms with Crippen LogP contribution < -0.4 is 0 Å². The molecule has 0 aliphatic rings. The monoisotopic (exact) mass is 276 g/mol. The molecule has 0 atom stereocenters. The van der Waals surface area contributed by atoms with E-state index in [4.69, 9.17) is 5.11 Å². The van der Waals surface area contributed by atoms with Gasteiger partial charge in [-0.25, -0.2) is 4.79 Å². The first-order valence-corrected chi connectivity index (χ1v) is 7.28. The van der Waals surface area contributed by atoms with Crippen molar-refractivity contribution in [3.8, 4) is 0 Å². The maximum absolute atomic E-state index is 10.7. The van der Waals surface area contributed by atoms with Crippen molar-refractivity contribution in [3.05, 3.63) is 58.3 Å². The summed E-state index contributed by atoms with van der Waals surface area (Å²) in [6, 6.07) is 11.8. The van der Waals surface area contributed by atoms with Crippen molar-refractivity contribution in [1.29, 1.82) is 0 Å². The predicted octanol–water partition coefficient (Wildman–Crippen LogP) is 4.25. The number of carboxylic acid groups (broad SMARTS) is 1. The van der Waals surface area contributed by atoms with Crippen molar-refractivity contribution in [2.24, 2.45) is 0 Å². The summed E-state index contributed by atoms with van der Waals surface area (Å²) in [6.45, 7) is 0. The van der Waals surface area contributed by atoms with Gasteiger partial charge in [0, 0.05) is 16.0 Å². The highest BCUT2D eigenvalue weighted by molar-refractivity contribution is 7.99. The summed E-state index contributed by atoms with van der Waals surface area (Å²) in [5, 5.41) is 10.7. The van der Waals surface area contributed by atoms with Crippen molar-refractivity contribution in [3.63, 3.8) is 0 Å². The van der Waals surface area contributed by atoms with Gasteiger partial charge in [-0.1, -0.05) is 42.5 Å². The van der Waals surface area contributed by atoms with Crippen LogP contribution in [-0.4, -0.2) is 16.8 Å². The van der Waals surface area contributed by atoms with E-state index in [2.05, 4.69) is 12.2 Å². The largest absolute Gasteiger partial charge is 0.477 e. The molecule has 1 heterocycles. The standard InChI is InChI=1S/C14H12O2S2/c15-14(16)13-9-12(10-18-13)17-8-4-7-11-5-2-1-3-6-11/h1-7,9-10H,8H2,(H,15,16)/b7-4+. The van der Waals surface area contributed by atoms with Gasteiger partial charge < -0.3 is 5.11 Å². The van der Waals surface area contributed by atoms with E-state index in [1.807, 2.05) is 35.7 Å². The molecule has 2 rings (SSSR count). The molecule has 4 heteroatoms. The third kappa shape index (κ3) is 3.75. The van der Waals surface area contributed by atoms with Crippen molar-refractivity contribution in [2.75, 3.05) is 5.75 Å². The minimum atomic E-state index is -0.855. The Bertz CT molecular complexity index is 544. The number of benzene rings is 1. The zero-order chi connectivity index (χ0) is 12.8. The van der Waals surface area contributed by atoms with Gasteiger partial charge in [0.2, 0.25) is 0 Å². The molecule has 92 valence electrons. The van der Waals surface area contributed by atoms with Gasteiger partial charge in [0.1, 0.15) is 4.88 Å². The number of thioether (sulfide) groups is 1. The lowest BCUT2D eigenvalue weighted by Crippen LogP contribution is -1.89. The normalized spacial score (nSPS) is 10.9. The number of rotatable bonds is 5. The molecule has 0 bridgehead atoms.